The van der Waals surface area contributed by atoms with Crippen LogP contribution < -0.4 is 10.1 Å². The van der Waals surface area contributed by atoms with Crippen molar-refractivity contribution >= 4 is 11.5 Å². The maximum absolute atomic E-state index is 5.82. The van der Waals surface area contributed by atoms with E-state index in [1.165, 1.54) is 27.5 Å². The summed E-state index contributed by atoms with van der Waals surface area (Å²) >= 11 is 1.46. The van der Waals surface area contributed by atoms with E-state index in [0.29, 0.717) is 0 Å². The highest BCUT2D eigenvalue weighted by Crippen LogP contribution is 2.37. The largest absolute Gasteiger partial charge is 0.493 e. The lowest BCUT2D eigenvalue weighted by Crippen LogP contribution is -2.22. The van der Waals surface area contributed by atoms with Crippen LogP contribution >= 0.6 is 11.5 Å². The zero-order chi connectivity index (χ0) is 13.2. The Bertz CT molecular complexity index is 582. The molecule has 0 spiro atoms. The first kappa shape index (κ1) is 12.6. The summed E-state index contributed by atoms with van der Waals surface area (Å²) in [5.74, 6) is 1.04. The molecule has 0 amide bonds. The third-order valence-corrected chi connectivity index (χ3v) is 4.30. The lowest BCUT2D eigenvalue weighted by Gasteiger charge is -2.19. The van der Waals surface area contributed by atoms with Gasteiger partial charge in [0, 0.05) is 12.0 Å². The van der Waals surface area contributed by atoms with Crippen LogP contribution in [-0.2, 0) is 6.42 Å². The molecule has 3 rings (SSSR count). The maximum Gasteiger partial charge on any atom is 0.127 e. The Hall–Kier alpha value is -1.46. The Morgan fingerprint density at radius 3 is 3.11 bits per heavy atom. The summed E-state index contributed by atoms with van der Waals surface area (Å²) in [6.07, 6.45) is 1.00. The quantitative estimate of drug-likeness (QED) is 0.931. The average Bonchev–Trinajstić information content (AvgIpc) is 3.04. The number of benzene rings is 1. The zero-order valence-corrected chi connectivity index (χ0v) is 12.0. The van der Waals surface area contributed by atoms with E-state index in [0.717, 1.165) is 31.0 Å². The molecule has 0 bridgehead atoms. The van der Waals surface area contributed by atoms with Crippen LogP contribution in [0.2, 0.25) is 0 Å². The van der Waals surface area contributed by atoms with Crippen molar-refractivity contribution in [2.75, 3.05) is 13.2 Å². The van der Waals surface area contributed by atoms with Crippen molar-refractivity contribution in [2.45, 2.75) is 26.3 Å². The molecule has 0 saturated carbocycles. The van der Waals surface area contributed by atoms with Crippen molar-refractivity contribution in [1.29, 1.82) is 0 Å². The van der Waals surface area contributed by atoms with Crippen LogP contribution in [0.5, 0.6) is 5.75 Å². The molecule has 1 aromatic carbocycles. The summed E-state index contributed by atoms with van der Waals surface area (Å²) in [7, 11) is 0. The fourth-order valence-electron chi connectivity index (χ4n) is 2.52. The predicted octanol–water partition coefficient (Wildman–Crippen LogP) is 2.48. The molecule has 0 fully saturated rings. The van der Waals surface area contributed by atoms with Gasteiger partial charge < -0.3 is 10.1 Å². The van der Waals surface area contributed by atoms with Crippen LogP contribution in [0.15, 0.2) is 18.2 Å². The molecule has 1 unspecified atom stereocenters. The van der Waals surface area contributed by atoms with Crippen molar-refractivity contribution in [1.82, 2.24) is 14.9 Å². The minimum absolute atomic E-state index is 0.123. The monoisotopic (exact) mass is 275 g/mol. The van der Waals surface area contributed by atoms with E-state index in [2.05, 4.69) is 40.0 Å². The first-order chi connectivity index (χ1) is 9.31. The minimum Gasteiger partial charge on any atom is -0.493 e. The first-order valence-electron chi connectivity index (χ1n) is 6.58. The van der Waals surface area contributed by atoms with E-state index >= 15 is 0 Å². The second kappa shape index (κ2) is 5.27. The smallest absolute Gasteiger partial charge is 0.127 e. The maximum atomic E-state index is 5.82. The number of hydrogen-bond acceptors (Lipinski definition) is 5. The van der Waals surface area contributed by atoms with Gasteiger partial charge in [0.1, 0.15) is 5.75 Å². The van der Waals surface area contributed by atoms with Crippen LogP contribution in [0.4, 0.5) is 0 Å². The van der Waals surface area contributed by atoms with Gasteiger partial charge in [-0.1, -0.05) is 29.6 Å². The molecule has 4 nitrogen and oxygen atoms in total. The molecule has 1 aromatic heterocycles. The second-order valence-corrected chi connectivity index (χ2v) is 5.43. The molecule has 1 N–H and O–H groups in total. The number of nitrogens with one attached hydrogen (secondary N) is 1. The van der Waals surface area contributed by atoms with Crippen LogP contribution in [0.25, 0.3) is 0 Å². The van der Waals surface area contributed by atoms with E-state index in [1.54, 1.807) is 0 Å². The molecule has 0 saturated heterocycles. The van der Waals surface area contributed by atoms with Gasteiger partial charge in [0.05, 0.1) is 23.2 Å². The normalized spacial score (nSPS) is 15.1. The van der Waals surface area contributed by atoms with Gasteiger partial charge in [-0.15, -0.1) is 5.10 Å². The van der Waals surface area contributed by atoms with Crippen LogP contribution in [-0.4, -0.2) is 22.7 Å². The van der Waals surface area contributed by atoms with Crippen molar-refractivity contribution in [3.05, 3.63) is 39.9 Å². The van der Waals surface area contributed by atoms with Crippen molar-refractivity contribution < 1.29 is 4.74 Å². The highest BCUT2D eigenvalue weighted by molar-refractivity contribution is 7.05. The van der Waals surface area contributed by atoms with E-state index < -0.39 is 0 Å². The molecule has 2 heterocycles. The number of ether oxygens (including phenoxy) is 1. The zero-order valence-electron chi connectivity index (χ0n) is 11.1. The number of fused-ring (bicyclic) bond motifs is 1. The van der Waals surface area contributed by atoms with E-state index in [9.17, 15) is 0 Å². The lowest BCUT2D eigenvalue weighted by atomic mass is 10.00. The number of aromatic nitrogens is 2. The number of para-hydroxylation sites is 1. The number of hydrogen-bond donors (Lipinski definition) is 1. The Balaban J connectivity index is 2.06. The van der Waals surface area contributed by atoms with Crippen molar-refractivity contribution in [3.63, 3.8) is 0 Å². The molecule has 19 heavy (non-hydrogen) atoms. The molecule has 0 radical (unpaired) electrons. The molecule has 100 valence electrons. The minimum atomic E-state index is 0.123. The standard InChI is InChI=1S/C14H17N3OS/c1-3-15-12(14-9(2)16-17-19-14)11-6-4-5-10-7-8-18-13(10)11/h4-6,12,15H,3,7-8H2,1-2H3. The molecule has 5 heteroatoms. The van der Waals surface area contributed by atoms with Gasteiger partial charge in [-0.3, -0.25) is 0 Å². The van der Waals surface area contributed by atoms with Crippen molar-refractivity contribution in [3.8, 4) is 5.75 Å². The fourth-order valence-corrected chi connectivity index (χ4v) is 3.26. The van der Waals surface area contributed by atoms with Crippen molar-refractivity contribution in [2.24, 2.45) is 0 Å². The van der Waals surface area contributed by atoms with Crippen LogP contribution in [0.1, 0.15) is 34.7 Å². The Morgan fingerprint density at radius 1 is 1.47 bits per heavy atom. The van der Waals surface area contributed by atoms with Gasteiger partial charge in [-0.2, -0.15) is 0 Å². The summed E-state index contributed by atoms with van der Waals surface area (Å²) in [6, 6.07) is 6.51. The Morgan fingerprint density at radius 2 is 2.37 bits per heavy atom. The fraction of sp³-hybridized carbons (Fsp3) is 0.429. The lowest BCUT2D eigenvalue weighted by molar-refractivity contribution is 0.350. The van der Waals surface area contributed by atoms with Crippen LogP contribution in [0.3, 0.4) is 0 Å². The van der Waals surface area contributed by atoms with Gasteiger partial charge in [0.25, 0.3) is 0 Å². The van der Waals surface area contributed by atoms with E-state index in [1.807, 2.05) is 6.92 Å². The van der Waals surface area contributed by atoms with Crippen LogP contribution in [0, 0.1) is 6.92 Å². The second-order valence-electron chi connectivity index (χ2n) is 4.65. The summed E-state index contributed by atoms with van der Waals surface area (Å²) < 4.78 is 9.87. The molecule has 2 aromatic rings. The third-order valence-electron chi connectivity index (χ3n) is 3.41. The van der Waals surface area contributed by atoms with Gasteiger partial charge >= 0.3 is 0 Å². The molecule has 1 aliphatic heterocycles. The van der Waals surface area contributed by atoms with Gasteiger partial charge in [-0.25, -0.2) is 0 Å². The molecular formula is C14H17N3OS. The number of aryl methyl sites for hydroxylation is 1. The Labute approximate surface area is 117 Å². The summed E-state index contributed by atoms with van der Waals surface area (Å²) in [5.41, 5.74) is 3.49. The summed E-state index contributed by atoms with van der Waals surface area (Å²) in [4.78, 5) is 1.17. The number of rotatable bonds is 4. The molecule has 0 aliphatic carbocycles. The predicted molar refractivity (Wildman–Crippen MR) is 75.8 cm³/mol. The SMILES string of the molecule is CCNC(c1cccc2c1OCC2)c1snnc1C. The Kier molecular flexibility index (Phi) is 3.48. The van der Waals surface area contributed by atoms with E-state index in [-0.39, 0.29) is 6.04 Å². The van der Waals surface area contributed by atoms with Gasteiger partial charge in [0.2, 0.25) is 0 Å². The summed E-state index contributed by atoms with van der Waals surface area (Å²) in [6.45, 7) is 5.80. The van der Waals surface area contributed by atoms with E-state index in [4.69, 9.17) is 4.74 Å². The molecule has 1 aliphatic rings. The molecule has 1 atom stereocenters. The topological polar surface area (TPSA) is 47.0 Å². The van der Waals surface area contributed by atoms with Gasteiger partial charge in [-0.05, 0) is 30.6 Å². The average molecular weight is 275 g/mol. The van der Waals surface area contributed by atoms with Gasteiger partial charge in [0.15, 0.2) is 0 Å². The summed E-state index contributed by atoms with van der Waals surface area (Å²) in [5, 5.41) is 7.65. The first-order valence-corrected chi connectivity index (χ1v) is 7.35. The third kappa shape index (κ3) is 2.24. The number of nitrogens with zero attached hydrogens (tertiary/aromatic N) is 2. The highest BCUT2D eigenvalue weighted by atomic mass is 32.1. The highest BCUT2D eigenvalue weighted by Gasteiger charge is 2.25. The molecular weight excluding hydrogens is 258 g/mol.